The van der Waals surface area contributed by atoms with Crippen molar-refractivity contribution >= 4 is 23.5 Å². The van der Waals surface area contributed by atoms with Gasteiger partial charge in [0.15, 0.2) is 0 Å². The number of benzene rings is 1. The monoisotopic (exact) mass is 277 g/mol. The number of nitrogens with zero attached hydrogens (tertiary/aromatic N) is 1. The number of hydrazine groups is 1. The molecule has 0 aliphatic carbocycles. The molecule has 2 rings (SSSR count). The summed E-state index contributed by atoms with van der Waals surface area (Å²) in [4.78, 5) is 35.1. The summed E-state index contributed by atoms with van der Waals surface area (Å²) in [5, 5.41) is 8.98. The molecular formula is C13H15N3O4. The molecule has 7 heteroatoms. The van der Waals surface area contributed by atoms with Gasteiger partial charge in [-0.1, -0.05) is 6.07 Å². The molecule has 1 aromatic rings. The van der Waals surface area contributed by atoms with Gasteiger partial charge in [-0.15, -0.1) is 0 Å². The molecule has 0 radical (unpaired) electrons. The molecule has 1 aliphatic rings. The van der Waals surface area contributed by atoms with Gasteiger partial charge >= 0.3 is 5.97 Å². The smallest absolute Gasteiger partial charge is 0.335 e. The summed E-state index contributed by atoms with van der Waals surface area (Å²) >= 11 is 0. The maximum Gasteiger partial charge on any atom is 0.335 e. The van der Waals surface area contributed by atoms with Crippen LogP contribution in [-0.4, -0.2) is 36.0 Å². The van der Waals surface area contributed by atoms with Crippen LogP contribution in [0.2, 0.25) is 0 Å². The number of carbonyl (C=O) groups is 3. The molecule has 1 aromatic carbocycles. The Morgan fingerprint density at radius 1 is 1.30 bits per heavy atom. The Morgan fingerprint density at radius 2 is 2.05 bits per heavy atom. The molecule has 2 amide bonds. The first-order valence-electron chi connectivity index (χ1n) is 6.14. The Kier molecular flexibility index (Phi) is 3.88. The van der Waals surface area contributed by atoms with Gasteiger partial charge in [-0.3, -0.25) is 20.4 Å². The van der Waals surface area contributed by atoms with E-state index in [4.69, 9.17) is 5.11 Å². The molecule has 20 heavy (non-hydrogen) atoms. The third-order valence-corrected chi connectivity index (χ3v) is 3.04. The zero-order valence-electron chi connectivity index (χ0n) is 11.0. The van der Waals surface area contributed by atoms with E-state index >= 15 is 0 Å². The Morgan fingerprint density at radius 3 is 2.70 bits per heavy atom. The van der Waals surface area contributed by atoms with Crippen LogP contribution in [-0.2, 0) is 16.0 Å². The average Bonchev–Trinajstić information content (AvgIpc) is 2.79. The van der Waals surface area contributed by atoms with Gasteiger partial charge in [0.05, 0.1) is 12.1 Å². The Balaban J connectivity index is 2.07. The number of carboxylic acid groups (broad SMARTS) is 1. The van der Waals surface area contributed by atoms with Gasteiger partial charge in [-0.2, -0.15) is 0 Å². The third-order valence-electron chi connectivity index (χ3n) is 3.04. The van der Waals surface area contributed by atoms with Gasteiger partial charge < -0.3 is 10.0 Å². The number of hydrogen-bond acceptors (Lipinski definition) is 4. The second-order valence-corrected chi connectivity index (χ2v) is 4.55. The van der Waals surface area contributed by atoms with Crippen molar-refractivity contribution in [1.82, 2.24) is 10.9 Å². The fourth-order valence-electron chi connectivity index (χ4n) is 2.11. The number of aromatic carboxylic acids is 1. The number of fused-ring (bicyclic) bond motifs is 1. The largest absolute Gasteiger partial charge is 0.478 e. The topological polar surface area (TPSA) is 98.7 Å². The quantitative estimate of drug-likeness (QED) is 0.671. The Bertz CT molecular complexity index is 571. The van der Waals surface area contributed by atoms with Crippen molar-refractivity contribution in [3.63, 3.8) is 0 Å². The fourth-order valence-corrected chi connectivity index (χ4v) is 2.11. The van der Waals surface area contributed by atoms with Gasteiger partial charge in [-0.25, -0.2) is 4.79 Å². The molecule has 0 fully saturated rings. The first-order chi connectivity index (χ1) is 9.47. The standard InChI is InChI=1S/C13H15N3O4/c1-8(17)14-15-12(18)7-16-5-4-9-2-3-10(13(19)20)6-11(9)16/h2-3,6H,4-5,7H2,1H3,(H,14,17)(H,15,18)(H,19,20). The highest BCUT2D eigenvalue weighted by molar-refractivity contribution is 5.90. The highest BCUT2D eigenvalue weighted by Crippen LogP contribution is 2.28. The van der Waals surface area contributed by atoms with Crippen LogP contribution >= 0.6 is 0 Å². The minimum atomic E-state index is -0.998. The normalized spacial score (nSPS) is 12.8. The van der Waals surface area contributed by atoms with Gasteiger partial charge in [0.1, 0.15) is 0 Å². The molecule has 3 N–H and O–H groups in total. The van der Waals surface area contributed by atoms with E-state index in [9.17, 15) is 14.4 Å². The SMILES string of the molecule is CC(=O)NNC(=O)CN1CCc2ccc(C(=O)O)cc21. The molecule has 0 bridgehead atoms. The molecule has 1 heterocycles. The van der Waals surface area contributed by atoms with Crippen molar-refractivity contribution in [3.8, 4) is 0 Å². The van der Waals surface area contributed by atoms with Crippen molar-refractivity contribution in [2.24, 2.45) is 0 Å². The fraction of sp³-hybridized carbons (Fsp3) is 0.308. The maximum atomic E-state index is 11.6. The molecule has 7 nitrogen and oxygen atoms in total. The van der Waals surface area contributed by atoms with Crippen molar-refractivity contribution in [1.29, 1.82) is 0 Å². The summed E-state index contributed by atoms with van der Waals surface area (Å²) in [7, 11) is 0. The number of nitrogens with one attached hydrogen (secondary N) is 2. The molecule has 0 atom stereocenters. The summed E-state index contributed by atoms with van der Waals surface area (Å²) in [6.07, 6.45) is 0.767. The van der Waals surface area contributed by atoms with E-state index in [-0.39, 0.29) is 23.9 Å². The summed E-state index contributed by atoms with van der Waals surface area (Å²) in [5.74, 6) is -1.70. The van der Waals surface area contributed by atoms with Crippen molar-refractivity contribution in [3.05, 3.63) is 29.3 Å². The van der Waals surface area contributed by atoms with E-state index < -0.39 is 5.97 Å². The summed E-state index contributed by atoms with van der Waals surface area (Å²) < 4.78 is 0. The predicted octanol–water partition coefficient (Wildman–Crippen LogP) is -0.0854. The molecule has 0 spiro atoms. The maximum absolute atomic E-state index is 11.6. The van der Waals surface area contributed by atoms with E-state index in [1.807, 2.05) is 0 Å². The number of rotatable bonds is 3. The number of carbonyl (C=O) groups excluding carboxylic acids is 2. The van der Waals surface area contributed by atoms with Crippen LogP contribution in [0.4, 0.5) is 5.69 Å². The highest BCUT2D eigenvalue weighted by Gasteiger charge is 2.22. The second-order valence-electron chi connectivity index (χ2n) is 4.55. The Labute approximate surface area is 115 Å². The number of anilines is 1. The average molecular weight is 277 g/mol. The van der Waals surface area contributed by atoms with E-state index in [0.717, 1.165) is 17.7 Å². The first-order valence-corrected chi connectivity index (χ1v) is 6.14. The van der Waals surface area contributed by atoms with Crippen LogP contribution in [0.25, 0.3) is 0 Å². The van der Waals surface area contributed by atoms with Crippen LogP contribution < -0.4 is 15.8 Å². The van der Waals surface area contributed by atoms with E-state index in [1.165, 1.54) is 6.92 Å². The van der Waals surface area contributed by atoms with E-state index in [1.54, 1.807) is 23.1 Å². The third kappa shape index (κ3) is 3.05. The number of hydrogen-bond donors (Lipinski definition) is 3. The highest BCUT2D eigenvalue weighted by atomic mass is 16.4. The zero-order chi connectivity index (χ0) is 14.7. The van der Waals surface area contributed by atoms with Gasteiger partial charge in [0, 0.05) is 19.2 Å². The minimum Gasteiger partial charge on any atom is -0.478 e. The van der Waals surface area contributed by atoms with E-state index in [2.05, 4.69) is 10.9 Å². The lowest BCUT2D eigenvalue weighted by atomic mass is 10.1. The van der Waals surface area contributed by atoms with E-state index in [0.29, 0.717) is 6.54 Å². The van der Waals surface area contributed by atoms with Crippen LogP contribution in [0, 0.1) is 0 Å². The van der Waals surface area contributed by atoms with Crippen LogP contribution in [0.3, 0.4) is 0 Å². The number of amides is 2. The molecule has 0 unspecified atom stereocenters. The predicted molar refractivity (Wildman–Crippen MR) is 71.3 cm³/mol. The summed E-state index contributed by atoms with van der Waals surface area (Å²) in [6, 6.07) is 4.89. The molecule has 1 aliphatic heterocycles. The molecular weight excluding hydrogens is 262 g/mol. The molecule has 106 valence electrons. The van der Waals surface area contributed by atoms with Gasteiger partial charge in [-0.05, 0) is 24.1 Å². The lowest BCUT2D eigenvalue weighted by Gasteiger charge is -2.19. The minimum absolute atomic E-state index is 0.0658. The first kappa shape index (κ1) is 13.9. The van der Waals surface area contributed by atoms with Crippen molar-refractivity contribution in [2.75, 3.05) is 18.0 Å². The Hall–Kier alpha value is -2.57. The molecule has 0 saturated heterocycles. The van der Waals surface area contributed by atoms with Crippen molar-refractivity contribution in [2.45, 2.75) is 13.3 Å². The number of carboxylic acids is 1. The lowest BCUT2D eigenvalue weighted by Crippen LogP contribution is -2.45. The van der Waals surface area contributed by atoms with Crippen molar-refractivity contribution < 1.29 is 19.5 Å². The zero-order valence-corrected chi connectivity index (χ0v) is 11.0. The molecule has 0 saturated carbocycles. The second kappa shape index (κ2) is 5.60. The summed E-state index contributed by atoms with van der Waals surface area (Å²) in [6.45, 7) is 2.01. The van der Waals surface area contributed by atoms with Crippen LogP contribution in [0.5, 0.6) is 0 Å². The van der Waals surface area contributed by atoms with Crippen LogP contribution in [0.15, 0.2) is 18.2 Å². The molecule has 0 aromatic heterocycles. The van der Waals surface area contributed by atoms with Gasteiger partial charge in [0.25, 0.3) is 5.91 Å². The van der Waals surface area contributed by atoms with Crippen LogP contribution in [0.1, 0.15) is 22.8 Å². The lowest BCUT2D eigenvalue weighted by molar-refractivity contribution is -0.127. The van der Waals surface area contributed by atoms with Gasteiger partial charge in [0.2, 0.25) is 5.91 Å². The summed E-state index contributed by atoms with van der Waals surface area (Å²) in [5.41, 5.74) is 6.46.